The van der Waals surface area contributed by atoms with Crippen LogP contribution in [0.4, 0.5) is 0 Å². The van der Waals surface area contributed by atoms with Gasteiger partial charge >= 0.3 is 0 Å². The van der Waals surface area contributed by atoms with E-state index in [-0.39, 0.29) is 0 Å². The SMILES string of the molecule is CCSCC(C)NC1CC(OC)C1. The van der Waals surface area contributed by atoms with Crippen LogP contribution in [0.2, 0.25) is 0 Å². The van der Waals surface area contributed by atoms with Gasteiger partial charge in [0.1, 0.15) is 0 Å². The quantitative estimate of drug-likeness (QED) is 0.712. The molecule has 0 aromatic carbocycles. The third kappa shape index (κ3) is 3.88. The number of hydrogen-bond donors (Lipinski definition) is 1. The zero-order chi connectivity index (χ0) is 9.68. The van der Waals surface area contributed by atoms with Crippen molar-refractivity contribution in [2.75, 3.05) is 18.6 Å². The molecular formula is C10H21NOS. The Kier molecular flexibility index (Phi) is 5.14. The minimum absolute atomic E-state index is 0.517. The lowest BCUT2D eigenvalue weighted by Crippen LogP contribution is -2.49. The number of thioether (sulfide) groups is 1. The normalized spacial score (nSPS) is 29.8. The average molecular weight is 203 g/mol. The number of hydrogen-bond acceptors (Lipinski definition) is 3. The average Bonchev–Trinajstić information content (AvgIpc) is 2.07. The molecule has 1 rings (SSSR count). The molecule has 1 saturated carbocycles. The molecule has 1 aliphatic rings. The van der Waals surface area contributed by atoms with Crippen molar-refractivity contribution in [1.82, 2.24) is 5.32 Å². The van der Waals surface area contributed by atoms with Gasteiger partial charge in [-0.2, -0.15) is 11.8 Å². The Morgan fingerprint density at radius 3 is 2.77 bits per heavy atom. The molecule has 2 nitrogen and oxygen atoms in total. The highest BCUT2D eigenvalue weighted by Crippen LogP contribution is 2.23. The topological polar surface area (TPSA) is 21.3 Å². The van der Waals surface area contributed by atoms with Gasteiger partial charge in [0.2, 0.25) is 0 Å². The molecule has 0 radical (unpaired) electrons. The van der Waals surface area contributed by atoms with Gasteiger partial charge in [-0.1, -0.05) is 6.92 Å². The van der Waals surface area contributed by atoms with Crippen LogP contribution >= 0.6 is 11.8 Å². The van der Waals surface area contributed by atoms with E-state index in [9.17, 15) is 0 Å². The molecule has 13 heavy (non-hydrogen) atoms. The molecule has 1 atom stereocenters. The number of ether oxygens (including phenoxy) is 1. The molecular weight excluding hydrogens is 182 g/mol. The Morgan fingerprint density at radius 2 is 2.23 bits per heavy atom. The van der Waals surface area contributed by atoms with Gasteiger partial charge in [0.15, 0.2) is 0 Å². The summed E-state index contributed by atoms with van der Waals surface area (Å²) in [6, 6.07) is 1.35. The van der Waals surface area contributed by atoms with Gasteiger partial charge in [0.05, 0.1) is 6.10 Å². The second-order valence-electron chi connectivity index (χ2n) is 3.75. The third-order valence-electron chi connectivity index (χ3n) is 2.52. The summed E-state index contributed by atoms with van der Waals surface area (Å²) < 4.78 is 5.23. The largest absolute Gasteiger partial charge is 0.381 e. The highest BCUT2D eigenvalue weighted by Gasteiger charge is 2.29. The zero-order valence-corrected chi connectivity index (χ0v) is 9.69. The standard InChI is InChI=1S/C10H21NOS/c1-4-13-7-8(2)11-9-5-10(6-9)12-3/h8-11H,4-7H2,1-3H3. The third-order valence-corrected chi connectivity index (χ3v) is 3.66. The van der Waals surface area contributed by atoms with E-state index in [2.05, 4.69) is 19.2 Å². The van der Waals surface area contributed by atoms with E-state index in [0.29, 0.717) is 18.2 Å². The van der Waals surface area contributed by atoms with E-state index in [4.69, 9.17) is 4.74 Å². The van der Waals surface area contributed by atoms with Gasteiger partial charge in [-0.15, -0.1) is 0 Å². The molecule has 0 aliphatic heterocycles. The van der Waals surface area contributed by atoms with Crippen LogP contribution in [-0.2, 0) is 4.74 Å². The summed E-state index contributed by atoms with van der Waals surface area (Å²) in [5, 5.41) is 3.61. The summed E-state index contributed by atoms with van der Waals surface area (Å²) in [5.41, 5.74) is 0. The van der Waals surface area contributed by atoms with Crippen LogP contribution in [0, 0.1) is 0 Å². The Hall–Kier alpha value is 0.270. The van der Waals surface area contributed by atoms with Crippen molar-refractivity contribution >= 4 is 11.8 Å². The lowest BCUT2D eigenvalue weighted by atomic mass is 9.89. The molecule has 1 unspecified atom stereocenters. The predicted molar refractivity (Wildman–Crippen MR) is 59.4 cm³/mol. The zero-order valence-electron chi connectivity index (χ0n) is 8.88. The maximum atomic E-state index is 5.23. The van der Waals surface area contributed by atoms with E-state index >= 15 is 0 Å². The fourth-order valence-corrected chi connectivity index (χ4v) is 2.32. The van der Waals surface area contributed by atoms with Gasteiger partial charge in [-0.3, -0.25) is 0 Å². The Morgan fingerprint density at radius 1 is 1.54 bits per heavy atom. The number of nitrogens with one attached hydrogen (secondary N) is 1. The van der Waals surface area contributed by atoms with E-state index in [1.54, 1.807) is 7.11 Å². The summed E-state index contributed by atoms with van der Waals surface area (Å²) >= 11 is 2.01. The first kappa shape index (κ1) is 11.3. The molecule has 0 aromatic rings. The van der Waals surface area contributed by atoms with E-state index in [1.165, 1.54) is 24.3 Å². The summed E-state index contributed by atoms with van der Waals surface area (Å²) in [6.45, 7) is 4.48. The molecule has 0 saturated heterocycles. The maximum absolute atomic E-state index is 5.23. The van der Waals surface area contributed by atoms with Crippen molar-refractivity contribution in [1.29, 1.82) is 0 Å². The predicted octanol–water partition coefficient (Wildman–Crippen LogP) is 1.90. The molecule has 1 fully saturated rings. The Bertz CT molecular complexity index is 134. The first-order chi connectivity index (χ1) is 6.26. The monoisotopic (exact) mass is 203 g/mol. The summed E-state index contributed by atoms with van der Waals surface area (Å²) in [4.78, 5) is 0. The molecule has 1 N–H and O–H groups in total. The molecule has 0 amide bonds. The number of methoxy groups -OCH3 is 1. The van der Waals surface area contributed by atoms with Crippen LogP contribution in [0.25, 0.3) is 0 Å². The minimum Gasteiger partial charge on any atom is -0.381 e. The van der Waals surface area contributed by atoms with Gasteiger partial charge in [0, 0.05) is 24.9 Å². The second kappa shape index (κ2) is 5.89. The maximum Gasteiger partial charge on any atom is 0.0601 e. The molecule has 0 spiro atoms. The molecule has 0 heterocycles. The smallest absolute Gasteiger partial charge is 0.0601 e. The van der Waals surface area contributed by atoms with Crippen LogP contribution in [0.15, 0.2) is 0 Å². The minimum atomic E-state index is 0.517. The lowest BCUT2D eigenvalue weighted by Gasteiger charge is -2.36. The highest BCUT2D eigenvalue weighted by molar-refractivity contribution is 7.99. The van der Waals surface area contributed by atoms with Gasteiger partial charge in [0.25, 0.3) is 0 Å². The van der Waals surface area contributed by atoms with Crippen LogP contribution in [0.3, 0.4) is 0 Å². The van der Waals surface area contributed by atoms with Crippen molar-refractivity contribution in [3.05, 3.63) is 0 Å². The van der Waals surface area contributed by atoms with Crippen molar-refractivity contribution in [3.63, 3.8) is 0 Å². The van der Waals surface area contributed by atoms with Crippen molar-refractivity contribution in [3.8, 4) is 0 Å². The van der Waals surface area contributed by atoms with E-state index in [1.807, 2.05) is 11.8 Å². The molecule has 0 bridgehead atoms. The first-order valence-electron chi connectivity index (χ1n) is 5.12. The lowest BCUT2D eigenvalue weighted by molar-refractivity contribution is 0.0155. The van der Waals surface area contributed by atoms with E-state index < -0.39 is 0 Å². The molecule has 78 valence electrons. The summed E-state index contributed by atoms with van der Waals surface area (Å²) in [7, 11) is 1.80. The van der Waals surface area contributed by atoms with Crippen LogP contribution in [0.1, 0.15) is 26.7 Å². The fraction of sp³-hybridized carbons (Fsp3) is 1.00. The van der Waals surface area contributed by atoms with Crippen LogP contribution in [0.5, 0.6) is 0 Å². The highest BCUT2D eigenvalue weighted by atomic mass is 32.2. The van der Waals surface area contributed by atoms with Crippen molar-refractivity contribution < 1.29 is 4.74 Å². The second-order valence-corrected chi connectivity index (χ2v) is 5.07. The van der Waals surface area contributed by atoms with Gasteiger partial charge in [-0.05, 0) is 25.5 Å². The Balaban J connectivity index is 1.99. The summed E-state index contributed by atoms with van der Waals surface area (Å²) in [5.74, 6) is 2.45. The first-order valence-corrected chi connectivity index (χ1v) is 6.28. The molecule has 0 aromatic heterocycles. The van der Waals surface area contributed by atoms with Crippen LogP contribution in [-0.4, -0.2) is 36.8 Å². The van der Waals surface area contributed by atoms with Crippen molar-refractivity contribution in [2.24, 2.45) is 0 Å². The fourth-order valence-electron chi connectivity index (χ4n) is 1.64. The summed E-state index contributed by atoms with van der Waals surface area (Å²) in [6.07, 6.45) is 2.90. The van der Waals surface area contributed by atoms with E-state index in [0.717, 1.165) is 0 Å². The van der Waals surface area contributed by atoms with Crippen molar-refractivity contribution in [2.45, 2.75) is 44.9 Å². The Labute approximate surface area is 85.8 Å². The van der Waals surface area contributed by atoms with Crippen LogP contribution < -0.4 is 5.32 Å². The van der Waals surface area contributed by atoms with Gasteiger partial charge < -0.3 is 10.1 Å². The van der Waals surface area contributed by atoms with Gasteiger partial charge in [-0.25, -0.2) is 0 Å². The molecule has 1 aliphatic carbocycles. The number of rotatable bonds is 6. The molecule has 3 heteroatoms.